The third-order valence-corrected chi connectivity index (χ3v) is 3.40. The predicted molar refractivity (Wildman–Crippen MR) is 73.8 cm³/mol. The Labute approximate surface area is 114 Å². The largest absolute Gasteiger partial charge is 0.466 e. The summed E-state index contributed by atoms with van der Waals surface area (Å²) in [6.07, 6.45) is 4.38. The maximum atomic E-state index is 11.4. The molecule has 0 rings (SSSR count). The van der Waals surface area contributed by atoms with Crippen LogP contribution in [0.25, 0.3) is 0 Å². The summed E-state index contributed by atoms with van der Waals surface area (Å²) in [5.41, 5.74) is 0. The molecular formula is C13H24O4S. The predicted octanol–water partition coefficient (Wildman–Crippen LogP) is 3.78. The molecule has 0 aromatic heterocycles. The van der Waals surface area contributed by atoms with Crippen LogP contribution in [0.4, 0.5) is 4.79 Å². The molecule has 0 spiro atoms. The van der Waals surface area contributed by atoms with Crippen LogP contribution in [-0.2, 0) is 14.3 Å². The number of ether oxygens (including phenoxy) is 2. The van der Waals surface area contributed by atoms with Gasteiger partial charge in [0.15, 0.2) is 0 Å². The Morgan fingerprint density at radius 3 is 2.28 bits per heavy atom. The van der Waals surface area contributed by atoms with Gasteiger partial charge in [-0.05, 0) is 32.0 Å². The van der Waals surface area contributed by atoms with Crippen LogP contribution in [0.2, 0.25) is 0 Å². The number of carbonyl (C=O) groups excluding carboxylic acids is 2. The van der Waals surface area contributed by atoms with Gasteiger partial charge in [-0.1, -0.05) is 26.2 Å². The summed E-state index contributed by atoms with van der Waals surface area (Å²) in [4.78, 5) is 22.9. The first-order valence-corrected chi connectivity index (χ1v) is 7.50. The first-order valence-electron chi connectivity index (χ1n) is 6.63. The molecule has 4 nitrogen and oxygen atoms in total. The van der Waals surface area contributed by atoms with E-state index in [4.69, 9.17) is 9.47 Å². The van der Waals surface area contributed by atoms with Crippen LogP contribution in [0, 0.1) is 0 Å². The second kappa shape index (κ2) is 11.4. The first kappa shape index (κ1) is 17.3. The number of hydrogen-bond acceptors (Lipinski definition) is 5. The third kappa shape index (κ3) is 9.33. The van der Waals surface area contributed by atoms with E-state index in [0.29, 0.717) is 13.2 Å². The average molecular weight is 276 g/mol. The van der Waals surface area contributed by atoms with Crippen LogP contribution in [0.3, 0.4) is 0 Å². The van der Waals surface area contributed by atoms with E-state index in [1.807, 2.05) is 0 Å². The van der Waals surface area contributed by atoms with Crippen molar-refractivity contribution in [1.29, 1.82) is 0 Å². The molecule has 0 aromatic rings. The second-order valence-electron chi connectivity index (χ2n) is 3.93. The highest BCUT2D eigenvalue weighted by atomic mass is 32.2. The van der Waals surface area contributed by atoms with Gasteiger partial charge in [0.05, 0.1) is 19.6 Å². The Bertz CT molecular complexity index is 223. The van der Waals surface area contributed by atoms with E-state index in [1.54, 1.807) is 13.8 Å². The quantitative estimate of drug-likeness (QED) is 0.474. The zero-order valence-corrected chi connectivity index (χ0v) is 12.4. The Hall–Kier alpha value is -0.710. The Kier molecular flexibility index (Phi) is 10.9. The van der Waals surface area contributed by atoms with Crippen LogP contribution in [0.15, 0.2) is 0 Å². The highest BCUT2D eigenvalue weighted by Crippen LogP contribution is 2.23. The van der Waals surface area contributed by atoms with Gasteiger partial charge >= 0.3 is 11.3 Å². The lowest BCUT2D eigenvalue weighted by Gasteiger charge is -2.14. The topological polar surface area (TPSA) is 52.6 Å². The van der Waals surface area contributed by atoms with Gasteiger partial charge in [0.25, 0.3) is 0 Å². The van der Waals surface area contributed by atoms with Gasteiger partial charge in [-0.3, -0.25) is 4.79 Å². The van der Waals surface area contributed by atoms with Crippen molar-refractivity contribution in [3.8, 4) is 0 Å². The number of carbonyl (C=O) groups is 2. The van der Waals surface area contributed by atoms with Crippen molar-refractivity contribution in [1.82, 2.24) is 0 Å². The SMILES string of the molecule is CCCCCC(CC(=O)OCC)SC(=O)OCC. The summed E-state index contributed by atoms with van der Waals surface area (Å²) >= 11 is 1.11. The van der Waals surface area contributed by atoms with Crippen LogP contribution in [0.1, 0.15) is 52.9 Å². The second-order valence-corrected chi connectivity index (χ2v) is 5.16. The summed E-state index contributed by atoms with van der Waals surface area (Å²) < 4.78 is 9.81. The molecule has 0 amide bonds. The molecule has 1 atom stereocenters. The van der Waals surface area contributed by atoms with Gasteiger partial charge in [-0.15, -0.1) is 0 Å². The van der Waals surface area contributed by atoms with E-state index in [9.17, 15) is 9.59 Å². The Balaban J connectivity index is 4.14. The van der Waals surface area contributed by atoms with Crippen LogP contribution >= 0.6 is 11.8 Å². The van der Waals surface area contributed by atoms with E-state index < -0.39 is 0 Å². The Morgan fingerprint density at radius 2 is 1.72 bits per heavy atom. The lowest BCUT2D eigenvalue weighted by molar-refractivity contribution is -0.143. The molecule has 0 aliphatic carbocycles. The molecule has 0 saturated carbocycles. The molecule has 1 unspecified atom stereocenters. The number of thioether (sulfide) groups is 1. The van der Waals surface area contributed by atoms with Gasteiger partial charge < -0.3 is 9.47 Å². The van der Waals surface area contributed by atoms with Gasteiger partial charge in [0.1, 0.15) is 0 Å². The molecule has 0 aromatic carbocycles. The van der Waals surface area contributed by atoms with Gasteiger partial charge in [0.2, 0.25) is 0 Å². The van der Waals surface area contributed by atoms with E-state index in [1.165, 1.54) is 0 Å². The minimum atomic E-state index is -0.303. The van der Waals surface area contributed by atoms with E-state index in [2.05, 4.69) is 6.92 Å². The summed E-state index contributed by atoms with van der Waals surface area (Å²) in [6.45, 7) is 6.43. The van der Waals surface area contributed by atoms with Crippen molar-refractivity contribution >= 4 is 23.0 Å². The lowest BCUT2D eigenvalue weighted by atomic mass is 10.1. The molecule has 0 heterocycles. The van der Waals surface area contributed by atoms with Crippen LogP contribution in [-0.4, -0.2) is 29.7 Å². The van der Waals surface area contributed by atoms with Crippen molar-refractivity contribution in [2.24, 2.45) is 0 Å². The first-order chi connectivity index (χ1) is 8.63. The lowest BCUT2D eigenvalue weighted by Crippen LogP contribution is -2.16. The van der Waals surface area contributed by atoms with Crippen LogP contribution < -0.4 is 0 Å². The highest BCUT2D eigenvalue weighted by molar-refractivity contribution is 8.13. The Morgan fingerprint density at radius 1 is 1.06 bits per heavy atom. The molecule has 18 heavy (non-hydrogen) atoms. The third-order valence-electron chi connectivity index (χ3n) is 2.35. The fourth-order valence-corrected chi connectivity index (χ4v) is 2.48. The van der Waals surface area contributed by atoms with E-state index >= 15 is 0 Å². The number of hydrogen-bond donors (Lipinski definition) is 0. The van der Waals surface area contributed by atoms with Crippen molar-refractivity contribution in [3.63, 3.8) is 0 Å². The molecule has 0 fully saturated rings. The normalized spacial score (nSPS) is 11.9. The van der Waals surface area contributed by atoms with Crippen molar-refractivity contribution in [2.45, 2.75) is 58.1 Å². The maximum Gasteiger partial charge on any atom is 0.367 e. The molecule has 0 bridgehead atoms. The summed E-state index contributed by atoms with van der Waals surface area (Å²) in [6, 6.07) is 0. The molecule has 5 heteroatoms. The molecule has 0 saturated heterocycles. The number of rotatable bonds is 9. The molecule has 0 radical (unpaired) electrons. The number of unbranched alkanes of at least 4 members (excludes halogenated alkanes) is 2. The van der Waals surface area contributed by atoms with Gasteiger partial charge in [-0.2, -0.15) is 0 Å². The van der Waals surface area contributed by atoms with Crippen LogP contribution in [0.5, 0.6) is 0 Å². The minimum absolute atomic E-state index is 0.0327. The van der Waals surface area contributed by atoms with Gasteiger partial charge in [-0.25, -0.2) is 4.79 Å². The summed E-state index contributed by atoms with van der Waals surface area (Å²) in [7, 11) is 0. The standard InChI is InChI=1S/C13H24O4S/c1-4-7-8-9-11(10-12(14)16-5-2)18-13(15)17-6-3/h11H,4-10H2,1-3H3. The molecular weight excluding hydrogens is 252 g/mol. The molecule has 0 N–H and O–H groups in total. The zero-order valence-electron chi connectivity index (χ0n) is 11.6. The molecule has 106 valence electrons. The van der Waals surface area contributed by atoms with Crippen molar-refractivity contribution in [3.05, 3.63) is 0 Å². The fraction of sp³-hybridized carbons (Fsp3) is 0.846. The van der Waals surface area contributed by atoms with Crippen molar-refractivity contribution < 1.29 is 19.1 Å². The monoisotopic (exact) mass is 276 g/mol. The van der Waals surface area contributed by atoms with Gasteiger partial charge in [0, 0.05) is 5.25 Å². The fourth-order valence-electron chi connectivity index (χ4n) is 1.52. The molecule has 0 aliphatic heterocycles. The zero-order chi connectivity index (χ0) is 13.8. The minimum Gasteiger partial charge on any atom is -0.466 e. The highest BCUT2D eigenvalue weighted by Gasteiger charge is 2.19. The van der Waals surface area contributed by atoms with E-state index in [0.717, 1.165) is 37.4 Å². The summed E-state index contributed by atoms with van der Waals surface area (Å²) in [5, 5.41) is -0.335. The maximum absolute atomic E-state index is 11.4. The summed E-state index contributed by atoms with van der Waals surface area (Å²) in [5.74, 6) is -0.240. The number of esters is 1. The smallest absolute Gasteiger partial charge is 0.367 e. The van der Waals surface area contributed by atoms with E-state index in [-0.39, 0.29) is 22.9 Å². The van der Waals surface area contributed by atoms with Crippen molar-refractivity contribution in [2.75, 3.05) is 13.2 Å². The average Bonchev–Trinajstić information content (AvgIpc) is 2.29. The molecule has 0 aliphatic rings.